The van der Waals surface area contributed by atoms with Crippen molar-refractivity contribution in [2.75, 3.05) is 19.6 Å². The number of amides is 2. The zero-order valence-corrected chi connectivity index (χ0v) is 21.1. The summed E-state index contributed by atoms with van der Waals surface area (Å²) in [5.74, 6) is -2.49. The van der Waals surface area contributed by atoms with Gasteiger partial charge in [-0.2, -0.15) is 0 Å². The number of carbonyl (C=O) groups excluding carboxylic acids is 2. The van der Waals surface area contributed by atoms with Gasteiger partial charge in [0, 0.05) is 51.8 Å². The van der Waals surface area contributed by atoms with Crippen LogP contribution in [0.25, 0.3) is 10.6 Å². The molecule has 2 aromatic heterocycles. The van der Waals surface area contributed by atoms with Crippen molar-refractivity contribution in [3.8, 4) is 16.3 Å². The maximum atomic E-state index is 14.1. The lowest BCUT2D eigenvalue weighted by molar-refractivity contribution is -0.131. The van der Waals surface area contributed by atoms with Crippen molar-refractivity contribution in [3.05, 3.63) is 62.5 Å². The third kappa shape index (κ3) is 4.28. The molecule has 0 saturated carbocycles. The van der Waals surface area contributed by atoms with Crippen LogP contribution >= 0.6 is 11.3 Å². The molecular formula is C25H25F2N5O4S. The summed E-state index contributed by atoms with van der Waals surface area (Å²) >= 11 is 1.06. The first-order valence-electron chi connectivity index (χ1n) is 11.9. The Morgan fingerprint density at radius 3 is 2.57 bits per heavy atom. The monoisotopic (exact) mass is 529 g/mol. The minimum Gasteiger partial charge on any atom is -0.503 e. The van der Waals surface area contributed by atoms with Gasteiger partial charge >= 0.3 is 0 Å². The fraction of sp³-hybridized carbons (Fsp3) is 0.400. The Morgan fingerprint density at radius 1 is 1.19 bits per heavy atom. The van der Waals surface area contributed by atoms with Crippen LogP contribution in [0, 0.1) is 11.6 Å². The molecule has 12 heteroatoms. The van der Waals surface area contributed by atoms with Crippen LogP contribution in [0.5, 0.6) is 5.75 Å². The summed E-state index contributed by atoms with van der Waals surface area (Å²) in [5.41, 5.74) is -1.06. The van der Waals surface area contributed by atoms with E-state index in [0.717, 1.165) is 23.5 Å². The zero-order chi connectivity index (χ0) is 26.5. The third-order valence-electron chi connectivity index (χ3n) is 7.25. The summed E-state index contributed by atoms with van der Waals surface area (Å²) in [5, 5.41) is 19.6. The van der Waals surface area contributed by atoms with Crippen molar-refractivity contribution >= 4 is 23.2 Å². The fourth-order valence-corrected chi connectivity index (χ4v) is 6.17. The van der Waals surface area contributed by atoms with Crippen LogP contribution in [-0.2, 0) is 17.8 Å². The number of aromatic nitrogens is 3. The molecule has 2 aliphatic rings. The van der Waals surface area contributed by atoms with Crippen LogP contribution in [0.1, 0.15) is 47.7 Å². The van der Waals surface area contributed by atoms with Crippen molar-refractivity contribution in [2.24, 2.45) is 0 Å². The number of nitrogens with zero attached hydrogens (tertiary/aromatic N) is 5. The Labute approximate surface area is 215 Å². The molecule has 1 aromatic carbocycles. The van der Waals surface area contributed by atoms with Gasteiger partial charge in [0.25, 0.3) is 5.91 Å². The van der Waals surface area contributed by atoms with Gasteiger partial charge in [-0.1, -0.05) is 17.4 Å². The van der Waals surface area contributed by atoms with Crippen LogP contribution in [0.4, 0.5) is 8.78 Å². The maximum absolute atomic E-state index is 14.1. The zero-order valence-electron chi connectivity index (χ0n) is 20.3. The van der Waals surface area contributed by atoms with E-state index in [1.165, 1.54) is 19.2 Å². The molecule has 5 rings (SSSR count). The molecule has 1 spiro atoms. The van der Waals surface area contributed by atoms with Crippen molar-refractivity contribution in [1.29, 1.82) is 0 Å². The van der Waals surface area contributed by atoms with Gasteiger partial charge in [-0.15, -0.1) is 10.2 Å². The molecule has 0 bridgehead atoms. The lowest BCUT2D eigenvalue weighted by Crippen LogP contribution is -2.63. The number of halogens is 2. The summed E-state index contributed by atoms with van der Waals surface area (Å²) in [6.45, 7) is 5.13. The summed E-state index contributed by atoms with van der Waals surface area (Å²) < 4.78 is 28.9. The Kier molecular flexibility index (Phi) is 6.30. The highest BCUT2D eigenvalue weighted by Crippen LogP contribution is 2.38. The summed E-state index contributed by atoms with van der Waals surface area (Å²) in [4.78, 5) is 41.8. The Balaban J connectivity index is 1.50. The molecule has 37 heavy (non-hydrogen) atoms. The largest absolute Gasteiger partial charge is 0.503 e. The molecule has 3 aromatic rings. The van der Waals surface area contributed by atoms with E-state index in [1.807, 2.05) is 6.92 Å². The van der Waals surface area contributed by atoms with Crippen LogP contribution < -0.4 is 5.43 Å². The number of hydrogen-bond donors (Lipinski definition) is 1. The van der Waals surface area contributed by atoms with Gasteiger partial charge in [-0.05, 0) is 31.4 Å². The van der Waals surface area contributed by atoms with Crippen LogP contribution in [-0.4, -0.2) is 66.7 Å². The van der Waals surface area contributed by atoms with Gasteiger partial charge in [0.15, 0.2) is 16.5 Å². The highest BCUT2D eigenvalue weighted by molar-refractivity contribution is 7.14. The molecule has 1 saturated heterocycles. The quantitative estimate of drug-likeness (QED) is 0.557. The number of fused-ring (bicyclic) bond motifs is 1. The second kappa shape index (κ2) is 9.33. The molecule has 9 nitrogen and oxygen atoms in total. The van der Waals surface area contributed by atoms with Gasteiger partial charge in [-0.25, -0.2) is 8.78 Å². The summed E-state index contributed by atoms with van der Waals surface area (Å²) in [7, 11) is 0. The summed E-state index contributed by atoms with van der Waals surface area (Å²) in [6.07, 6.45) is 2.71. The number of likely N-dealkylation sites (N-methyl/N-ethyl adjacent to an activating group) is 1. The number of pyridine rings is 1. The average molecular weight is 530 g/mol. The van der Waals surface area contributed by atoms with E-state index in [4.69, 9.17) is 0 Å². The molecule has 4 heterocycles. The van der Waals surface area contributed by atoms with Crippen molar-refractivity contribution in [2.45, 2.75) is 45.2 Å². The molecule has 1 fully saturated rings. The van der Waals surface area contributed by atoms with Crippen molar-refractivity contribution in [3.63, 3.8) is 0 Å². The van der Waals surface area contributed by atoms with Gasteiger partial charge in [0.1, 0.15) is 16.6 Å². The summed E-state index contributed by atoms with van der Waals surface area (Å²) in [6, 6.07) is 3.27. The first-order chi connectivity index (χ1) is 17.6. The van der Waals surface area contributed by atoms with E-state index in [2.05, 4.69) is 10.2 Å². The number of likely N-dealkylation sites (tertiary alicyclic amines) is 1. The lowest BCUT2D eigenvalue weighted by Gasteiger charge is -2.51. The SMILES string of the molecule is CCN1C(=O)c2c(O)c(=O)c(-c3nnc(Cc4ccc(F)cc4F)s3)cn2CC12CCN(C(C)=O)CC2. The number of piperidine rings is 1. The lowest BCUT2D eigenvalue weighted by atomic mass is 9.83. The average Bonchev–Trinajstić information content (AvgIpc) is 3.32. The van der Waals surface area contributed by atoms with Crippen molar-refractivity contribution in [1.82, 2.24) is 24.6 Å². The Morgan fingerprint density at radius 2 is 1.92 bits per heavy atom. The highest BCUT2D eigenvalue weighted by atomic mass is 32.1. The smallest absolute Gasteiger partial charge is 0.275 e. The normalized spacial score (nSPS) is 16.8. The number of carbonyl (C=O) groups is 2. The maximum Gasteiger partial charge on any atom is 0.275 e. The van der Waals surface area contributed by atoms with E-state index in [0.29, 0.717) is 44.0 Å². The van der Waals surface area contributed by atoms with E-state index in [-0.39, 0.29) is 34.2 Å². The molecule has 0 radical (unpaired) electrons. The van der Waals surface area contributed by atoms with E-state index >= 15 is 0 Å². The number of hydrogen-bond acceptors (Lipinski definition) is 7. The molecule has 0 aliphatic carbocycles. The van der Waals surface area contributed by atoms with Crippen LogP contribution in [0.3, 0.4) is 0 Å². The third-order valence-corrected chi connectivity index (χ3v) is 8.21. The predicted molar refractivity (Wildman–Crippen MR) is 131 cm³/mol. The van der Waals surface area contributed by atoms with E-state index in [1.54, 1.807) is 14.4 Å². The molecule has 0 atom stereocenters. The number of benzene rings is 1. The van der Waals surface area contributed by atoms with E-state index < -0.39 is 34.3 Å². The van der Waals surface area contributed by atoms with Gasteiger partial charge in [0.05, 0.1) is 11.1 Å². The molecule has 0 unspecified atom stereocenters. The second-order valence-electron chi connectivity index (χ2n) is 9.39. The second-order valence-corrected chi connectivity index (χ2v) is 10.5. The predicted octanol–water partition coefficient (Wildman–Crippen LogP) is 2.80. The Hall–Kier alpha value is -3.67. The molecule has 1 N–H and O–H groups in total. The van der Waals surface area contributed by atoms with E-state index in [9.17, 15) is 28.3 Å². The first-order valence-corrected chi connectivity index (χ1v) is 12.8. The first kappa shape index (κ1) is 25.0. The number of rotatable bonds is 4. The number of aromatic hydroxyl groups is 1. The molecular weight excluding hydrogens is 504 g/mol. The Bertz CT molecular complexity index is 1460. The van der Waals surface area contributed by atoms with Crippen LogP contribution in [0.15, 0.2) is 29.2 Å². The standard InChI is InChI=1S/C25H25F2N5O4S/c1-3-32-24(36)20-22(35)21(34)17(12-31(20)13-25(32)6-8-30(9-7-25)14(2)33)23-29-28-19(37-23)10-15-4-5-16(26)11-18(15)27/h4-5,11-12,35H,3,6-10,13H2,1-2H3. The van der Waals surface area contributed by atoms with Gasteiger partial charge < -0.3 is 19.5 Å². The molecule has 2 amide bonds. The van der Waals surface area contributed by atoms with Crippen molar-refractivity contribution < 1.29 is 23.5 Å². The van der Waals surface area contributed by atoms with Gasteiger partial charge in [-0.3, -0.25) is 14.4 Å². The van der Waals surface area contributed by atoms with Crippen LogP contribution in [0.2, 0.25) is 0 Å². The fourth-order valence-electron chi connectivity index (χ4n) is 5.30. The molecule has 2 aliphatic heterocycles. The minimum atomic E-state index is -0.742. The minimum absolute atomic E-state index is 0.0170. The molecule has 194 valence electrons. The van der Waals surface area contributed by atoms with Gasteiger partial charge in [0.2, 0.25) is 11.3 Å². The topological polar surface area (TPSA) is 109 Å². The highest BCUT2D eigenvalue weighted by Gasteiger charge is 2.47.